The maximum Gasteiger partial charge on any atom is 0.446 e. The standard InChI is InChI=1S/C25H19F3N4O3S/c26-25(27,28)36-19-8-6-18(7-9-19)32-22(34)24(11-12-24)31(23(32)35)15-17-10-13-29-14-20(17)30-21(33)16-4-2-1-3-5-16/h1-10,13-14H,11-12,15H2,(H,30,33). The summed E-state index contributed by atoms with van der Waals surface area (Å²) < 4.78 is 38.0. The Bertz CT molecular complexity index is 1330. The van der Waals surface area contributed by atoms with E-state index in [1.807, 2.05) is 0 Å². The number of pyridine rings is 1. The van der Waals surface area contributed by atoms with Gasteiger partial charge in [0.15, 0.2) is 0 Å². The van der Waals surface area contributed by atoms with Crippen molar-refractivity contribution in [2.45, 2.75) is 35.3 Å². The van der Waals surface area contributed by atoms with Crippen molar-refractivity contribution in [1.82, 2.24) is 9.88 Å². The predicted molar refractivity (Wildman–Crippen MR) is 127 cm³/mol. The zero-order valence-electron chi connectivity index (χ0n) is 18.7. The van der Waals surface area contributed by atoms with Gasteiger partial charge in [0, 0.05) is 16.7 Å². The summed E-state index contributed by atoms with van der Waals surface area (Å²) in [7, 11) is 0. The second kappa shape index (κ2) is 8.98. The lowest BCUT2D eigenvalue weighted by Crippen LogP contribution is -2.36. The average Bonchev–Trinajstić information content (AvgIpc) is 3.62. The molecule has 36 heavy (non-hydrogen) atoms. The van der Waals surface area contributed by atoms with Gasteiger partial charge in [-0.2, -0.15) is 13.2 Å². The number of nitrogens with one attached hydrogen (secondary N) is 1. The van der Waals surface area contributed by atoms with Crippen LogP contribution in [0.4, 0.5) is 29.3 Å². The Balaban J connectivity index is 1.38. The normalized spacial score (nSPS) is 16.5. The van der Waals surface area contributed by atoms with E-state index < -0.39 is 23.0 Å². The van der Waals surface area contributed by atoms with E-state index in [4.69, 9.17) is 0 Å². The van der Waals surface area contributed by atoms with E-state index in [0.29, 0.717) is 29.7 Å². The Labute approximate surface area is 208 Å². The van der Waals surface area contributed by atoms with Crippen LogP contribution < -0.4 is 10.2 Å². The smallest absolute Gasteiger partial charge is 0.320 e. The number of urea groups is 1. The van der Waals surface area contributed by atoms with E-state index in [-0.39, 0.29) is 34.8 Å². The number of halogens is 3. The van der Waals surface area contributed by atoms with Crippen molar-refractivity contribution in [1.29, 1.82) is 0 Å². The number of carbonyl (C=O) groups is 3. The molecule has 2 aliphatic rings. The first kappa shape index (κ1) is 23.9. The quantitative estimate of drug-likeness (QED) is 0.351. The molecule has 0 unspecified atom stereocenters. The lowest BCUT2D eigenvalue weighted by atomic mass is 10.1. The van der Waals surface area contributed by atoms with Gasteiger partial charge in [0.25, 0.3) is 11.8 Å². The lowest BCUT2D eigenvalue weighted by Gasteiger charge is -2.22. The van der Waals surface area contributed by atoms with Crippen LogP contribution >= 0.6 is 11.8 Å². The number of hydrogen-bond acceptors (Lipinski definition) is 5. The number of hydrogen-bond donors (Lipinski definition) is 1. The fraction of sp³-hybridized carbons (Fsp3) is 0.200. The Kier molecular flexibility index (Phi) is 5.95. The van der Waals surface area contributed by atoms with Crippen LogP contribution in [0.2, 0.25) is 0 Å². The fourth-order valence-corrected chi connectivity index (χ4v) is 4.73. The number of aromatic nitrogens is 1. The van der Waals surface area contributed by atoms with Crippen LogP contribution in [0.3, 0.4) is 0 Å². The molecule has 4 amide bonds. The number of benzene rings is 2. The van der Waals surface area contributed by atoms with Gasteiger partial charge < -0.3 is 10.2 Å². The van der Waals surface area contributed by atoms with Crippen LogP contribution in [0.15, 0.2) is 78.0 Å². The minimum Gasteiger partial charge on any atom is -0.320 e. The second-order valence-corrected chi connectivity index (χ2v) is 9.57. The van der Waals surface area contributed by atoms with Crippen molar-refractivity contribution in [3.8, 4) is 0 Å². The van der Waals surface area contributed by atoms with Crippen LogP contribution in [-0.4, -0.2) is 38.8 Å². The molecule has 1 N–H and O–H groups in total. The van der Waals surface area contributed by atoms with Crippen LogP contribution in [0.5, 0.6) is 0 Å². The third kappa shape index (κ3) is 4.53. The van der Waals surface area contributed by atoms with E-state index in [1.165, 1.54) is 41.6 Å². The molecule has 1 aromatic heterocycles. The van der Waals surface area contributed by atoms with Gasteiger partial charge in [-0.3, -0.25) is 14.6 Å². The summed E-state index contributed by atoms with van der Waals surface area (Å²) in [5, 5.41) is 2.81. The van der Waals surface area contributed by atoms with E-state index >= 15 is 0 Å². The van der Waals surface area contributed by atoms with E-state index in [9.17, 15) is 27.6 Å². The molecular weight excluding hydrogens is 493 g/mol. The van der Waals surface area contributed by atoms with Gasteiger partial charge >= 0.3 is 11.5 Å². The van der Waals surface area contributed by atoms with Crippen LogP contribution in [-0.2, 0) is 11.3 Å². The van der Waals surface area contributed by atoms with Gasteiger partial charge in [-0.05, 0) is 72.6 Å². The van der Waals surface area contributed by atoms with Gasteiger partial charge in [0.1, 0.15) is 5.54 Å². The van der Waals surface area contributed by atoms with E-state index in [1.54, 1.807) is 36.4 Å². The molecule has 3 aromatic rings. The molecule has 11 heteroatoms. The first-order valence-electron chi connectivity index (χ1n) is 11.0. The zero-order valence-corrected chi connectivity index (χ0v) is 19.5. The van der Waals surface area contributed by atoms with Crippen molar-refractivity contribution in [2.75, 3.05) is 10.2 Å². The molecule has 7 nitrogen and oxygen atoms in total. The van der Waals surface area contributed by atoms with Gasteiger partial charge in [0.05, 0.1) is 24.1 Å². The van der Waals surface area contributed by atoms with Crippen LogP contribution in [0, 0.1) is 0 Å². The highest BCUT2D eigenvalue weighted by Crippen LogP contribution is 2.50. The van der Waals surface area contributed by atoms with E-state index in [2.05, 4.69) is 10.3 Å². The molecular formula is C25H19F3N4O3S. The summed E-state index contributed by atoms with van der Waals surface area (Å²) in [6, 6.07) is 14.9. The number of rotatable bonds is 6. The summed E-state index contributed by atoms with van der Waals surface area (Å²) in [6.45, 7) is 0.0516. The van der Waals surface area contributed by atoms with Crippen molar-refractivity contribution in [3.63, 3.8) is 0 Å². The Morgan fingerprint density at radius 2 is 1.72 bits per heavy atom. The van der Waals surface area contributed by atoms with Gasteiger partial charge in [0.2, 0.25) is 0 Å². The van der Waals surface area contributed by atoms with Gasteiger partial charge in [-0.1, -0.05) is 18.2 Å². The highest BCUT2D eigenvalue weighted by Gasteiger charge is 2.65. The minimum atomic E-state index is -4.44. The molecule has 1 aliphatic carbocycles. The Morgan fingerprint density at radius 3 is 2.36 bits per heavy atom. The average molecular weight is 513 g/mol. The van der Waals surface area contributed by atoms with Gasteiger partial charge in [-0.15, -0.1) is 0 Å². The molecule has 0 radical (unpaired) electrons. The third-order valence-electron chi connectivity index (χ3n) is 6.12. The van der Waals surface area contributed by atoms with Crippen molar-refractivity contribution < 1.29 is 27.6 Å². The maximum atomic E-state index is 13.4. The van der Waals surface area contributed by atoms with Crippen molar-refractivity contribution >= 4 is 41.0 Å². The lowest BCUT2D eigenvalue weighted by molar-refractivity contribution is -0.120. The van der Waals surface area contributed by atoms with Crippen molar-refractivity contribution in [2.24, 2.45) is 0 Å². The number of anilines is 2. The summed E-state index contributed by atoms with van der Waals surface area (Å²) in [5.41, 5.74) is -3.77. The SMILES string of the molecule is O=C(Nc1cnccc1CN1C(=O)N(c2ccc(SC(F)(F)F)cc2)C(=O)C12CC2)c1ccccc1. The summed E-state index contributed by atoms with van der Waals surface area (Å²) >= 11 is -0.266. The van der Waals surface area contributed by atoms with Crippen LogP contribution in [0.25, 0.3) is 0 Å². The first-order valence-corrected chi connectivity index (χ1v) is 11.8. The molecule has 0 bridgehead atoms. The number of alkyl halides is 3. The number of nitrogens with zero attached hydrogens (tertiary/aromatic N) is 3. The molecule has 0 atom stereocenters. The topological polar surface area (TPSA) is 82.6 Å². The minimum absolute atomic E-state index is 0.0427. The first-order chi connectivity index (χ1) is 17.2. The third-order valence-corrected chi connectivity index (χ3v) is 6.86. The highest BCUT2D eigenvalue weighted by molar-refractivity contribution is 8.00. The predicted octanol–water partition coefficient (Wildman–Crippen LogP) is 5.45. The molecule has 5 rings (SSSR count). The number of amides is 4. The summed E-state index contributed by atoms with van der Waals surface area (Å²) in [4.78, 5) is 45.8. The molecule has 1 aliphatic heterocycles. The number of thioether (sulfide) groups is 1. The monoisotopic (exact) mass is 512 g/mol. The van der Waals surface area contributed by atoms with E-state index in [0.717, 1.165) is 4.90 Å². The van der Waals surface area contributed by atoms with Crippen LogP contribution in [0.1, 0.15) is 28.8 Å². The fourth-order valence-electron chi connectivity index (χ4n) is 4.19. The molecule has 1 saturated heterocycles. The zero-order chi connectivity index (χ0) is 25.5. The Morgan fingerprint density at radius 1 is 1.03 bits per heavy atom. The molecule has 2 heterocycles. The second-order valence-electron chi connectivity index (χ2n) is 8.44. The summed E-state index contributed by atoms with van der Waals surface area (Å²) in [5.74, 6) is -0.749. The number of imide groups is 1. The highest BCUT2D eigenvalue weighted by atomic mass is 32.2. The summed E-state index contributed by atoms with van der Waals surface area (Å²) in [6.07, 6.45) is 3.97. The molecule has 2 fully saturated rings. The molecule has 2 aromatic carbocycles. The molecule has 184 valence electrons. The molecule has 1 saturated carbocycles. The molecule has 1 spiro atoms. The van der Waals surface area contributed by atoms with Crippen molar-refractivity contribution in [3.05, 3.63) is 84.2 Å². The van der Waals surface area contributed by atoms with Gasteiger partial charge in [-0.25, -0.2) is 9.69 Å². The number of carbonyl (C=O) groups excluding carboxylic acids is 3. The largest absolute Gasteiger partial charge is 0.446 e. The maximum absolute atomic E-state index is 13.4. The Hall–Kier alpha value is -3.86.